The molecule has 3 heterocycles. The summed E-state index contributed by atoms with van der Waals surface area (Å²) in [5.74, 6) is -0.322. The van der Waals surface area contributed by atoms with Gasteiger partial charge in [0, 0.05) is 6.42 Å². The summed E-state index contributed by atoms with van der Waals surface area (Å²) in [5.41, 5.74) is 0. The minimum atomic E-state index is -0.429. The summed E-state index contributed by atoms with van der Waals surface area (Å²) >= 11 is 3.13. The molecule has 1 aromatic heterocycles. The van der Waals surface area contributed by atoms with Crippen LogP contribution >= 0.6 is 15.9 Å². The summed E-state index contributed by atoms with van der Waals surface area (Å²) in [6.07, 6.45) is 0.465. The van der Waals surface area contributed by atoms with Gasteiger partial charge in [-0.2, -0.15) is 0 Å². The fraction of sp³-hybridized carbons (Fsp3) is 0.400. The van der Waals surface area contributed by atoms with Crippen LogP contribution in [0.1, 0.15) is 17.0 Å². The minimum absolute atomic E-state index is 0.139. The first-order valence-corrected chi connectivity index (χ1v) is 5.71. The number of esters is 1. The van der Waals surface area contributed by atoms with Crippen molar-refractivity contribution in [3.05, 3.63) is 22.6 Å². The lowest BCUT2D eigenvalue weighted by molar-refractivity contribution is -0.149. The largest absolute Gasteiger partial charge is 0.459 e. The van der Waals surface area contributed by atoms with Gasteiger partial charge in [-0.3, -0.25) is 4.79 Å². The monoisotopic (exact) mass is 285 g/mol. The van der Waals surface area contributed by atoms with Crippen LogP contribution < -0.4 is 0 Å². The van der Waals surface area contributed by atoms with Crippen LogP contribution in [0.25, 0.3) is 0 Å². The maximum Gasteiger partial charge on any atom is 0.329 e. The van der Waals surface area contributed by atoms with E-state index in [1.165, 1.54) is 4.90 Å². The second-order valence-corrected chi connectivity index (χ2v) is 4.65. The number of likely N-dealkylation sites (tertiary alicyclic amines) is 1. The van der Waals surface area contributed by atoms with Gasteiger partial charge in [0.2, 0.25) is 0 Å². The number of nitrogens with zero attached hydrogens (tertiary/aromatic N) is 1. The molecule has 84 valence electrons. The highest BCUT2D eigenvalue weighted by Gasteiger charge is 2.49. The zero-order chi connectivity index (χ0) is 11.3. The van der Waals surface area contributed by atoms with Crippen molar-refractivity contribution in [2.75, 3.05) is 6.54 Å². The summed E-state index contributed by atoms with van der Waals surface area (Å²) in [5, 5.41) is 0. The van der Waals surface area contributed by atoms with Crippen LogP contribution in [0.4, 0.5) is 0 Å². The number of carbonyl (C=O) groups excluding carboxylic acids is 2. The van der Waals surface area contributed by atoms with E-state index in [2.05, 4.69) is 15.9 Å². The van der Waals surface area contributed by atoms with Crippen molar-refractivity contribution in [2.24, 2.45) is 0 Å². The van der Waals surface area contributed by atoms with Gasteiger partial charge in [-0.05, 0) is 28.1 Å². The average molecular weight is 286 g/mol. The van der Waals surface area contributed by atoms with E-state index in [0.29, 0.717) is 17.6 Å². The molecule has 2 saturated heterocycles. The Labute approximate surface area is 99.5 Å². The second-order valence-electron chi connectivity index (χ2n) is 3.87. The highest BCUT2D eigenvalue weighted by molar-refractivity contribution is 9.10. The van der Waals surface area contributed by atoms with Gasteiger partial charge in [0.25, 0.3) is 5.91 Å². The Morgan fingerprint density at radius 1 is 1.50 bits per heavy atom. The van der Waals surface area contributed by atoms with Crippen LogP contribution in [-0.4, -0.2) is 35.5 Å². The van der Waals surface area contributed by atoms with Crippen LogP contribution in [0.2, 0.25) is 0 Å². The van der Waals surface area contributed by atoms with Gasteiger partial charge in [-0.15, -0.1) is 0 Å². The minimum Gasteiger partial charge on any atom is -0.459 e. The molecule has 0 unspecified atom stereocenters. The van der Waals surface area contributed by atoms with Gasteiger partial charge in [0.1, 0.15) is 12.1 Å². The Morgan fingerprint density at radius 2 is 2.31 bits per heavy atom. The zero-order valence-electron chi connectivity index (χ0n) is 8.18. The van der Waals surface area contributed by atoms with E-state index in [-0.39, 0.29) is 23.7 Å². The Morgan fingerprint density at radius 3 is 2.88 bits per heavy atom. The molecule has 0 aromatic carbocycles. The number of rotatable bonds is 1. The normalized spacial score (nSPS) is 27.3. The molecule has 3 rings (SSSR count). The second kappa shape index (κ2) is 3.35. The quantitative estimate of drug-likeness (QED) is 0.727. The van der Waals surface area contributed by atoms with Crippen LogP contribution in [0.3, 0.4) is 0 Å². The average Bonchev–Trinajstić information content (AvgIpc) is 2.90. The first-order chi connectivity index (χ1) is 7.65. The Bertz CT molecular complexity index is 469. The lowest BCUT2D eigenvalue weighted by Crippen LogP contribution is -2.44. The molecule has 2 aliphatic rings. The van der Waals surface area contributed by atoms with E-state index < -0.39 is 6.04 Å². The molecule has 0 N–H and O–H groups in total. The smallest absolute Gasteiger partial charge is 0.329 e. The van der Waals surface area contributed by atoms with Crippen LogP contribution in [0, 0.1) is 0 Å². The van der Waals surface area contributed by atoms with Gasteiger partial charge in [0.15, 0.2) is 10.4 Å². The van der Waals surface area contributed by atoms with Crippen molar-refractivity contribution in [1.82, 2.24) is 4.90 Å². The molecular weight excluding hydrogens is 278 g/mol. The fourth-order valence-corrected chi connectivity index (χ4v) is 2.45. The van der Waals surface area contributed by atoms with Gasteiger partial charge >= 0.3 is 5.97 Å². The van der Waals surface area contributed by atoms with E-state index in [4.69, 9.17) is 9.15 Å². The van der Waals surface area contributed by atoms with Gasteiger partial charge in [-0.1, -0.05) is 0 Å². The van der Waals surface area contributed by atoms with Crippen molar-refractivity contribution < 1.29 is 18.7 Å². The van der Waals surface area contributed by atoms with Crippen molar-refractivity contribution in [3.8, 4) is 0 Å². The van der Waals surface area contributed by atoms with Crippen LogP contribution in [0.15, 0.2) is 21.2 Å². The molecule has 2 fully saturated rings. The fourth-order valence-electron chi connectivity index (χ4n) is 2.14. The number of halogens is 1. The summed E-state index contributed by atoms with van der Waals surface area (Å²) < 4.78 is 10.7. The highest BCUT2D eigenvalue weighted by Crippen LogP contribution is 2.30. The molecule has 0 aliphatic carbocycles. The summed E-state index contributed by atoms with van der Waals surface area (Å²) in [7, 11) is 0. The summed E-state index contributed by atoms with van der Waals surface area (Å²) in [6, 6.07) is 2.81. The van der Waals surface area contributed by atoms with E-state index in [1.54, 1.807) is 12.1 Å². The Balaban J connectivity index is 1.84. The molecule has 2 aliphatic heterocycles. The maximum absolute atomic E-state index is 12.0. The number of carbonyl (C=O) groups is 2. The number of furan rings is 1. The van der Waals surface area contributed by atoms with Crippen LogP contribution in [0.5, 0.6) is 0 Å². The number of hydrogen-bond donors (Lipinski definition) is 0. The predicted molar refractivity (Wildman–Crippen MR) is 55.7 cm³/mol. The predicted octanol–water partition coefficient (Wildman–Crippen LogP) is 1.18. The van der Waals surface area contributed by atoms with Crippen molar-refractivity contribution >= 4 is 27.8 Å². The van der Waals surface area contributed by atoms with E-state index in [0.717, 1.165) is 0 Å². The number of morpholine rings is 1. The van der Waals surface area contributed by atoms with E-state index in [1.807, 2.05) is 0 Å². The molecule has 2 atom stereocenters. The molecule has 2 bridgehead atoms. The Hall–Kier alpha value is -1.30. The first-order valence-electron chi connectivity index (χ1n) is 4.92. The summed E-state index contributed by atoms with van der Waals surface area (Å²) in [4.78, 5) is 24.8. The molecule has 0 saturated carbocycles. The SMILES string of the molecule is O=C1O[C@@H]2C[C@@H]1N(C(=O)c1ccc(Br)o1)C2. The molecule has 0 radical (unpaired) electrons. The number of fused-ring (bicyclic) bond motifs is 2. The third-order valence-corrected chi connectivity index (χ3v) is 3.29. The van der Waals surface area contributed by atoms with Gasteiger partial charge in [0.05, 0.1) is 6.54 Å². The topological polar surface area (TPSA) is 59.8 Å². The van der Waals surface area contributed by atoms with Gasteiger partial charge in [-0.25, -0.2) is 4.79 Å². The molecule has 1 amide bonds. The third kappa shape index (κ3) is 1.36. The highest BCUT2D eigenvalue weighted by atomic mass is 79.9. The number of amides is 1. The Kier molecular flexibility index (Phi) is 2.07. The van der Waals surface area contributed by atoms with E-state index in [9.17, 15) is 9.59 Å². The molecule has 5 nitrogen and oxygen atoms in total. The standard InChI is InChI=1S/C10H8BrNO4/c11-8-2-1-7(16-8)9(13)12-4-5-3-6(12)10(14)15-5/h1-2,5-6H,3-4H2/t5-,6+/m1/s1. The molecule has 6 heteroatoms. The van der Waals surface area contributed by atoms with Crippen LogP contribution in [-0.2, 0) is 9.53 Å². The lowest BCUT2D eigenvalue weighted by atomic mass is 10.2. The van der Waals surface area contributed by atoms with Gasteiger partial charge < -0.3 is 14.1 Å². The third-order valence-electron chi connectivity index (χ3n) is 2.86. The number of hydrogen-bond acceptors (Lipinski definition) is 4. The maximum atomic E-state index is 12.0. The summed E-state index contributed by atoms with van der Waals surface area (Å²) in [6.45, 7) is 0.466. The first kappa shape index (κ1) is 9.89. The number of ether oxygens (including phenoxy) is 1. The van der Waals surface area contributed by atoms with Crippen molar-refractivity contribution in [1.29, 1.82) is 0 Å². The van der Waals surface area contributed by atoms with E-state index >= 15 is 0 Å². The molecule has 1 aromatic rings. The van der Waals surface area contributed by atoms with Crippen molar-refractivity contribution in [2.45, 2.75) is 18.6 Å². The molecule has 16 heavy (non-hydrogen) atoms. The zero-order valence-corrected chi connectivity index (χ0v) is 9.77. The lowest BCUT2D eigenvalue weighted by Gasteiger charge is -2.24. The van der Waals surface area contributed by atoms with Crippen molar-refractivity contribution in [3.63, 3.8) is 0 Å². The molecular formula is C10H8BrNO4. The molecule has 0 spiro atoms.